The van der Waals surface area contributed by atoms with Crippen molar-refractivity contribution in [2.75, 3.05) is 18.9 Å². The maximum absolute atomic E-state index is 13.0. The number of nitrogens with one attached hydrogen (secondary N) is 2. The number of alkyl halides is 3. The first-order valence-electron chi connectivity index (χ1n) is 8.92. The number of halogens is 4. The fourth-order valence-electron chi connectivity index (χ4n) is 2.90. The van der Waals surface area contributed by atoms with Gasteiger partial charge in [0.25, 0.3) is 5.56 Å². The molecule has 6 nitrogen and oxygen atoms in total. The van der Waals surface area contributed by atoms with E-state index in [1.807, 2.05) is 0 Å². The highest BCUT2D eigenvalue weighted by atomic mass is 35.5. The van der Waals surface area contributed by atoms with E-state index in [1.54, 1.807) is 43.1 Å². The van der Waals surface area contributed by atoms with Gasteiger partial charge in [0.1, 0.15) is 5.82 Å². The molecular weight excluding hydrogens is 421 g/mol. The molecule has 0 unspecified atom stereocenters. The van der Waals surface area contributed by atoms with Crippen LogP contribution in [0.1, 0.15) is 24.4 Å². The summed E-state index contributed by atoms with van der Waals surface area (Å²) in [6.07, 6.45) is -4.63. The molecule has 30 heavy (non-hydrogen) atoms. The van der Waals surface area contributed by atoms with E-state index in [4.69, 9.17) is 11.6 Å². The second-order valence-electron chi connectivity index (χ2n) is 6.80. The molecule has 0 aliphatic carbocycles. The van der Waals surface area contributed by atoms with Crippen LogP contribution in [-0.2, 0) is 11.0 Å². The summed E-state index contributed by atoms with van der Waals surface area (Å²) in [5.41, 5.74) is -0.806. The average molecular weight is 439 g/mol. The highest BCUT2D eigenvalue weighted by Gasteiger charge is 2.33. The van der Waals surface area contributed by atoms with Gasteiger partial charge in [0, 0.05) is 5.69 Å². The Kier molecular flexibility index (Phi) is 6.14. The number of carbonyl (C=O) groups is 1. The molecule has 0 spiro atoms. The molecule has 0 saturated carbocycles. The zero-order valence-electron chi connectivity index (χ0n) is 16.0. The Morgan fingerprint density at radius 1 is 1.27 bits per heavy atom. The molecule has 1 atom stereocenters. The molecule has 0 saturated heterocycles. The second kappa shape index (κ2) is 8.45. The minimum atomic E-state index is -4.63. The summed E-state index contributed by atoms with van der Waals surface area (Å²) in [6.45, 7) is 1.62. The van der Waals surface area contributed by atoms with Crippen molar-refractivity contribution in [2.24, 2.45) is 0 Å². The minimum absolute atomic E-state index is 0.0185. The number of H-pyrrole nitrogens is 1. The smallest absolute Gasteiger partial charge is 0.325 e. The van der Waals surface area contributed by atoms with E-state index in [0.717, 1.165) is 12.1 Å². The highest BCUT2D eigenvalue weighted by Crippen LogP contribution is 2.36. The van der Waals surface area contributed by atoms with Crippen molar-refractivity contribution in [1.82, 2.24) is 14.9 Å². The van der Waals surface area contributed by atoms with Crippen LogP contribution in [0.4, 0.5) is 18.9 Å². The van der Waals surface area contributed by atoms with Gasteiger partial charge in [0.05, 0.1) is 34.1 Å². The Bertz CT molecular complexity index is 1150. The van der Waals surface area contributed by atoms with Gasteiger partial charge < -0.3 is 10.3 Å². The lowest BCUT2D eigenvalue weighted by molar-refractivity contribution is -0.137. The van der Waals surface area contributed by atoms with Gasteiger partial charge in [-0.15, -0.1) is 0 Å². The summed E-state index contributed by atoms with van der Waals surface area (Å²) in [4.78, 5) is 33.3. The predicted molar refractivity (Wildman–Crippen MR) is 108 cm³/mol. The lowest BCUT2D eigenvalue weighted by Crippen LogP contribution is -2.33. The zero-order valence-corrected chi connectivity index (χ0v) is 16.8. The number of likely N-dealkylation sites (N-methyl/N-ethyl adjacent to an activating group) is 1. The SMILES string of the molecule is C[C@H](c1nc2ccccc2c(=O)[nH]1)N(C)CC(=O)Nc1ccc(Cl)c(C(F)(F)F)c1. The van der Waals surface area contributed by atoms with Gasteiger partial charge in [-0.1, -0.05) is 23.7 Å². The van der Waals surface area contributed by atoms with Crippen LogP contribution >= 0.6 is 11.6 Å². The number of hydrogen-bond donors (Lipinski definition) is 2. The number of para-hydroxylation sites is 1. The van der Waals surface area contributed by atoms with Gasteiger partial charge in [-0.2, -0.15) is 13.2 Å². The highest BCUT2D eigenvalue weighted by molar-refractivity contribution is 6.31. The predicted octanol–water partition coefficient (Wildman–Crippen LogP) is 4.23. The minimum Gasteiger partial charge on any atom is -0.325 e. The van der Waals surface area contributed by atoms with Crippen LogP contribution in [0, 0.1) is 0 Å². The molecule has 0 aliphatic rings. The van der Waals surface area contributed by atoms with Gasteiger partial charge in [0.15, 0.2) is 0 Å². The first-order chi connectivity index (χ1) is 14.1. The van der Waals surface area contributed by atoms with E-state index in [1.165, 1.54) is 6.07 Å². The van der Waals surface area contributed by atoms with Crippen molar-refractivity contribution < 1.29 is 18.0 Å². The molecule has 2 aromatic carbocycles. The topological polar surface area (TPSA) is 78.1 Å². The Labute approximate surface area is 174 Å². The third-order valence-electron chi connectivity index (χ3n) is 4.64. The molecule has 0 fully saturated rings. The summed E-state index contributed by atoms with van der Waals surface area (Å²) in [7, 11) is 1.64. The van der Waals surface area contributed by atoms with Gasteiger partial charge in [0.2, 0.25) is 5.91 Å². The normalized spacial score (nSPS) is 12.9. The number of rotatable bonds is 5. The number of aromatic amines is 1. The zero-order chi connectivity index (χ0) is 22.1. The van der Waals surface area contributed by atoms with Crippen LogP contribution in [0.5, 0.6) is 0 Å². The largest absolute Gasteiger partial charge is 0.417 e. The maximum atomic E-state index is 13.0. The van der Waals surface area contributed by atoms with Gasteiger partial charge in [-0.25, -0.2) is 4.98 Å². The van der Waals surface area contributed by atoms with E-state index < -0.39 is 28.7 Å². The standard InChI is InChI=1S/C20H18ClF3N4O2/c1-11(18-26-16-6-4-3-5-13(16)19(30)27-18)28(2)10-17(29)25-12-7-8-15(21)14(9-12)20(22,23)24/h3-9,11H,10H2,1-2H3,(H,25,29)(H,26,27,30)/t11-/m1/s1. The molecule has 1 amide bonds. The van der Waals surface area contributed by atoms with Crippen molar-refractivity contribution in [2.45, 2.75) is 19.1 Å². The molecule has 0 radical (unpaired) electrons. The third-order valence-corrected chi connectivity index (χ3v) is 4.97. The molecule has 0 aliphatic heterocycles. The number of hydrogen-bond acceptors (Lipinski definition) is 4. The van der Waals surface area contributed by atoms with E-state index in [-0.39, 0.29) is 17.8 Å². The Morgan fingerprint density at radius 2 is 1.97 bits per heavy atom. The van der Waals surface area contributed by atoms with E-state index in [2.05, 4.69) is 15.3 Å². The molecule has 10 heteroatoms. The van der Waals surface area contributed by atoms with E-state index in [0.29, 0.717) is 16.7 Å². The Hall–Kier alpha value is -2.91. The summed E-state index contributed by atoms with van der Waals surface area (Å²) in [5, 5.41) is 2.44. The monoisotopic (exact) mass is 438 g/mol. The fourth-order valence-corrected chi connectivity index (χ4v) is 3.12. The van der Waals surface area contributed by atoms with Gasteiger partial charge in [-0.05, 0) is 44.3 Å². The van der Waals surface area contributed by atoms with E-state index >= 15 is 0 Å². The number of carbonyl (C=O) groups excluding carboxylic acids is 1. The van der Waals surface area contributed by atoms with Crippen LogP contribution in [0.3, 0.4) is 0 Å². The number of benzene rings is 2. The quantitative estimate of drug-likeness (QED) is 0.625. The first-order valence-corrected chi connectivity index (χ1v) is 9.30. The lowest BCUT2D eigenvalue weighted by Gasteiger charge is -2.23. The molecule has 158 valence electrons. The molecule has 3 aromatic rings. The Morgan fingerprint density at radius 3 is 2.67 bits per heavy atom. The second-order valence-corrected chi connectivity index (χ2v) is 7.21. The molecule has 3 rings (SSSR count). The molecule has 2 N–H and O–H groups in total. The van der Waals surface area contributed by atoms with Crippen molar-refractivity contribution >= 4 is 34.1 Å². The number of nitrogens with zero attached hydrogens (tertiary/aromatic N) is 2. The van der Waals surface area contributed by atoms with Crippen LogP contribution < -0.4 is 10.9 Å². The van der Waals surface area contributed by atoms with Crippen LogP contribution in [0.25, 0.3) is 10.9 Å². The average Bonchev–Trinajstić information content (AvgIpc) is 2.67. The third kappa shape index (κ3) is 4.80. The van der Waals surface area contributed by atoms with Gasteiger partial charge >= 0.3 is 6.18 Å². The first kappa shape index (κ1) is 21.8. The molecule has 1 heterocycles. The summed E-state index contributed by atoms with van der Waals surface area (Å²) >= 11 is 5.59. The van der Waals surface area contributed by atoms with E-state index in [9.17, 15) is 22.8 Å². The maximum Gasteiger partial charge on any atom is 0.417 e. The van der Waals surface area contributed by atoms with Crippen LogP contribution in [-0.4, -0.2) is 34.4 Å². The number of amides is 1. The Balaban J connectivity index is 1.72. The molecule has 1 aromatic heterocycles. The lowest BCUT2D eigenvalue weighted by atomic mass is 10.2. The number of fused-ring (bicyclic) bond motifs is 1. The van der Waals surface area contributed by atoms with Gasteiger partial charge in [-0.3, -0.25) is 14.5 Å². The molecular formula is C20H18ClF3N4O2. The van der Waals surface area contributed by atoms with Crippen LogP contribution in [0.2, 0.25) is 5.02 Å². The summed E-state index contributed by atoms with van der Waals surface area (Å²) in [6, 6.07) is 9.61. The van der Waals surface area contributed by atoms with Crippen molar-refractivity contribution in [3.63, 3.8) is 0 Å². The number of aromatic nitrogens is 2. The van der Waals surface area contributed by atoms with Crippen LogP contribution in [0.15, 0.2) is 47.3 Å². The molecule has 0 bridgehead atoms. The summed E-state index contributed by atoms with van der Waals surface area (Å²) < 4.78 is 38.9. The number of anilines is 1. The van der Waals surface area contributed by atoms with Crippen molar-refractivity contribution in [3.05, 3.63) is 69.2 Å². The summed E-state index contributed by atoms with van der Waals surface area (Å²) in [5.74, 6) is -0.150. The van der Waals surface area contributed by atoms with Crippen molar-refractivity contribution in [1.29, 1.82) is 0 Å². The fraction of sp³-hybridized carbons (Fsp3) is 0.250. The van der Waals surface area contributed by atoms with Crippen molar-refractivity contribution in [3.8, 4) is 0 Å².